The zero-order valence-corrected chi connectivity index (χ0v) is 11.5. The number of rotatable bonds is 3. The van der Waals surface area contributed by atoms with Crippen LogP contribution in [-0.4, -0.2) is 10.2 Å². The fourth-order valence-corrected chi connectivity index (χ4v) is 3.16. The number of benzene rings is 1. The van der Waals surface area contributed by atoms with Crippen molar-refractivity contribution >= 4 is 16.5 Å². The van der Waals surface area contributed by atoms with E-state index in [2.05, 4.69) is 40.6 Å². The average molecular weight is 259 g/mol. The highest BCUT2D eigenvalue weighted by Gasteiger charge is 2.14. The van der Waals surface area contributed by atoms with Gasteiger partial charge in [-0.25, -0.2) is 0 Å². The lowest BCUT2D eigenvalue weighted by Crippen LogP contribution is -2.06. The van der Waals surface area contributed by atoms with Gasteiger partial charge in [0.1, 0.15) is 5.01 Å². The van der Waals surface area contributed by atoms with E-state index in [1.165, 1.54) is 36.0 Å². The van der Waals surface area contributed by atoms with Gasteiger partial charge < -0.3 is 5.32 Å². The second kappa shape index (κ2) is 4.69. The first-order valence-corrected chi connectivity index (χ1v) is 7.22. The molecule has 3 nitrogen and oxygen atoms in total. The van der Waals surface area contributed by atoms with Gasteiger partial charge in [0.15, 0.2) is 0 Å². The molecule has 1 heterocycles. The Balaban J connectivity index is 1.78. The molecule has 1 N–H and O–H groups in total. The van der Waals surface area contributed by atoms with Gasteiger partial charge in [0.2, 0.25) is 5.13 Å². The van der Waals surface area contributed by atoms with Gasteiger partial charge in [-0.15, -0.1) is 10.2 Å². The molecule has 18 heavy (non-hydrogen) atoms. The second-order valence-corrected chi connectivity index (χ2v) is 6.06. The third-order valence-electron chi connectivity index (χ3n) is 3.49. The smallest absolute Gasteiger partial charge is 0.206 e. The summed E-state index contributed by atoms with van der Waals surface area (Å²) >= 11 is 1.60. The van der Waals surface area contributed by atoms with Crippen LogP contribution in [0.2, 0.25) is 0 Å². The van der Waals surface area contributed by atoms with Gasteiger partial charge in [-0.3, -0.25) is 0 Å². The van der Waals surface area contributed by atoms with Gasteiger partial charge >= 0.3 is 0 Å². The molecule has 1 aromatic carbocycles. The van der Waals surface area contributed by atoms with Crippen LogP contribution in [0.25, 0.3) is 0 Å². The van der Waals surface area contributed by atoms with E-state index in [0.717, 1.165) is 10.1 Å². The molecular formula is C14H17N3S. The van der Waals surface area contributed by atoms with Gasteiger partial charge in [0, 0.05) is 0 Å². The molecule has 1 aromatic heterocycles. The third-order valence-corrected chi connectivity index (χ3v) is 4.26. The van der Waals surface area contributed by atoms with Crippen LogP contribution < -0.4 is 5.32 Å². The van der Waals surface area contributed by atoms with Crippen molar-refractivity contribution in [1.82, 2.24) is 10.2 Å². The zero-order chi connectivity index (χ0) is 12.5. The van der Waals surface area contributed by atoms with E-state index in [9.17, 15) is 0 Å². The van der Waals surface area contributed by atoms with Crippen molar-refractivity contribution in [3.8, 4) is 0 Å². The Bertz CT molecular complexity index is 562. The highest BCUT2D eigenvalue weighted by molar-refractivity contribution is 7.15. The van der Waals surface area contributed by atoms with Crippen LogP contribution in [0.1, 0.15) is 41.1 Å². The maximum absolute atomic E-state index is 4.11. The Morgan fingerprint density at radius 2 is 2.06 bits per heavy atom. The van der Waals surface area contributed by atoms with E-state index < -0.39 is 0 Å². The number of nitrogens with one attached hydrogen (secondary N) is 1. The lowest BCUT2D eigenvalue weighted by Gasteiger charge is -2.14. The lowest BCUT2D eigenvalue weighted by molar-refractivity contribution is 0.868. The summed E-state index contributed by atoms with van der Waals surface area (Å²) in [5.74, 6) is 0. The minimum atomic E-state index is 0.281. The van der Waals surface area contributed by atoms with Gasteiger partial charge in [0.25, 0.3) is 0 Å². The van der Waals surface area contributed by atoms with Crippen molar-refractivity contribution in [2.45, 2.75) is 39.2 Å². The number of aryl methyl sites for hydroxylation is 3. The number of anilines is 1. The SMILES string of the molecule is Cc1nnc(NC(C)c2ccc3c(c2)CCC3)s1. The highest BCUT2D eigenvalue weighted by Crippen LogP contribution is 2.27. The number of nitrogens with zero attached hydrogens (tertiary/aromatic N) is 2. The van der Waals surface area contributed by atoms with Crippen molar-refractivity contribution in [1.29, 1.82) is 0 Å². The molecule has 0 saturated carbocycles. The predicted octanol–water partition coefficient (Wildman–Crippen LogP) is 3.51. The minimum Gasteiger partial charge on any atom is -0.354 e. The maximum atomic E-state index is 4.11. The molecule has 94 valence electrons. The van der Waals surface area contributed by atoms with Crippen molar-refractivity contribution in [2.24, 2.45) is 0 Å². The van der Waals surface area contributed by atoms with Crippen molar-refractivity contribution in [3.63, 3.8) is 0 Å². The second-order valence-electron chi connectivity index (χ2n) is 4.87. The monoisotopic (exact) mass is 259 g/mol. The van der Waals surface area contributed by atoms with Crippen LogP contribution in [0, 0.1) is 6.92 Å². The van der Waals surface area contributed by atoms with Gasteiger partial charge in [-0.1, -0.05) is 29.5 Å². The first-order valence-electron chi connectivity index (χ1n) is 6.41. The summed E-state index contributed by atoms with van der Waals surface area (Å²) in [6, 6.07) is 7.13. The summed E-state index contributed by atoms with van der Waals surface area (Å²) < 4.78 is 0. The first-order chi connectivity index (χ1) is 8.72. The Morgan fingerprint density at radius 1 is 1.22 bits per heavy atom. The van der Waals surface area contributed by atoms with Gasteiger partial charge in [0.05, 0.1) is 6.04 Å². The fourth-order valence-electron chi connectivity index (χ4n) is 2.48. The summed E-state index contributed by atoms with van der Waals surface area (Å²) in [5.41, 5.74) is 4.39. The van der Waals surface area contributed by atoms with Gasteiger partial charge in [-0.2, -0.15) is 0 Å². The average Bonchev–Trinajstić information content (AvgIpc) is 2.96. The molecule has 1 atom stereocenters. The summed E-state index contributed by atoms with van der Waals surface area (Å²) in [4.78, 5) is 0. The normalized spacial score (nSPS) is 15.4. The molecule has 0 saturated heterocycles. The van der Waals surface area contributed by atoms with Crippen molar-refractivity contribution in [3.05, 3.63) is 39.9 Å². The molecule has 1 aliphatic rings. The van der Waals surface area contributed by atoms with Crippen molar-refractivity contribution < 1.29 is 0 Å². The van der Waals surface area contributed by atoms with Crippen LogP contribution in [0.4, 0.5) is 5.13 Å². The predicted molar refractivity (Wildman–Crippen MR) is 75.2 cm³/mol. The highest BCUT2D eigenvalue weighted by atomic mass is 32.1. The summed E-state index contributed by atoms with van der Waals surface area (Å²) in [6.45, 7) is 4.15. The Kier molecular flexibility index (Phi) is 3.04. The summed E-state index contributed by atoms with van der Waals surface area (Å²) in [7, 11) is 0. The number of hydrogen-bond donors (Lipinski definition) is 1. The van der Waals surface area contributed by atoms with E-state index >= 15 is 0 Å². The fraction of sp³-hybridized carbons (Fsp3) is 0.429. The Morgan fingerprint density at radius 3 is 2.83 bits per heavy atom. The quantitative estimate of drug-likeness (QED) is 0.916. The van der Waals surface area contributed by atoms with E-state index in [-0.39, 0.29) is 6.04 Å². The van der Waals surface area contributed by atoms with Crippen LogP contribution in [0.5, 0.6) is 0 Å². The van der Waals surface area contributed by atoms with Gasteiger partial charge in [-0.05, 0) is 49.8 Å². The molecule has 1 unspecified atom stereocenters. The molecule has 4 heteroatoms. The lowest BCUT2D eigenvalue weighted by atomic mass is 10.0. The van der Waals surface area contributed by atoms with Crippen molar-refractivity contribution in [2.75, 3.05) is 5.32 Å². The van der Waals surface area contributed by atoms with E-state index in [1.807, 2.05) is 6.92 Å². The largest absolute Gasteiger partial charge is 0.354 e. The maximum Gasteiger partial charge on any atom is 0.206 e. The molecule has 0 fully saturated rings. The molecule has 0 spiro atoms. The number of aromatic nitrogens is 2. The Hall–Kier alpha value is -1.42. The standard InChI is InChI=1S/C14H17N3S/c1-9(15-14-17-16-10(2)18-14)12-7-6-11-4-3-5-13(11)8-12/h6-9H,3-5H2,1-2H3,(H,15,17). The van der Waals surface area contributed by atoms with E-state index in [1.54, 1.807) is 11.3 Å². The molecule has 0 amide bonds. The van der Waals surface area contributed by atoms with E-state index in [4.69, 9.17) is 0 Å². The molecule has 0 aliphatic heterocycles. The molecule has 2 aromatic rings. The van der Waals surface area contributed by atoms with Crippen LogP contribution in [0.3, 0.4) is 0 Å². The summed E-state index contributed by atoms with van der Waals surface area (Å²) in [5, 5.41) is 13.5. The molecule has 0 radical (unpaired) electrons. The molecule has 0 bridgehead atoms. The zero-order valence-electron chi connectivity index (χ0n) is 10.7. The minimum absolute atomic E-state index is 0.281. The molecular weight excluding hydrogens is 242 g/mol. The molecule has 3 rings (SSSR count). The summed E-state index contributed by atoms with van der Waals surface area (Å²) in [6.07, 6.45) is 3.77. The van der Waals surface area contributed by atoms with E-state index in [0.29, 0.717) is 0 Å². The number of hydrogen-bond acceptors (Lipinski definition) is 4. The van der Waals surface area contributed by atoms with Crippen LogP contribution in [0.15, 0.2) is 18.2 Å². The number of fused-ring (bicyclic) bond motifs is 1. The Labute approximate surface area is 111 Å². The van der Waals surface area contributed by atoms with Crippen LogP contribution >= 0.6 is 11.3 Å². The topological polar surface area (TPSA) is 37.8 Å². The third kappa shape index (κ3) is 2.25. The van der Waals surface area contributed by atoms with Crippen LogP contribution in [-0.2, 0) is 12.8 Å². The molecule has 1 aliphatic carbocycles. The first kappa shape index (κ1) is 11.7.